The largest absolute Gasteiger partial charge is 0.330 e. The van der Waals surface area contributed by atoms with Crippen LogP contribution in [-0.2, 0) is 4.79 Å². The van der Waals surface area contributed by atoms with E-state index in [2.05, 4.69) is 16.4 Å². The van der Waals surface area contributed by atoms with Crippen LogP contribution < -0.4 is 11.1 Å². The zero-order valence-corrected chi connectivity index (χ0v) is 11.2. The van der Waals surface area contributed by atoms with Crippen LogP contribution in [0.25, 0.3) is 10.2 Å². The highest BCUT2D eigenvalue weighted by atomic mass is 32.1. The summed E-state index contributed by atoms with van der Waals surface area (Å²) in [5.41, 5.74) is 7.52. The minimum atomic E-state index is 0.0132. The van der Waals surface area contributed by atoms with Gasteiger partial charge in [0.2, 0.25) is 5.91 Å². The SMILES string of the molecule is Cc1ccc2nc(NC(=O)CCCCN)sc2c1. The van der Waals surface area contributed by atoms with Gasteiger partial charge in [0.1, 0.15) is 0 Å². The van der Waals surface area contributed by atoms with Crippen LogP contribution in [0.2, 0.25) is 0 Å². The van der Waals surface area contributed by atoms with E-state index in [1.807, 2.05) is 19.1 Å². The molecule has 96 valence electrons. The number of carbonyl (C=O) groups excluding carboxylic acids is 1. The molecule has 0 fully saturated rings. The average Bonchev–Trinajstić information content (AvgIpc) is 2.70. The first kappa shape index (κ1) is 13.0. The van der Waals surface area contributed by atoms with Crippen molar-refractivity contribution in [3.63, 3.8) is 0 Å². The first-order chi connectivity index (χ1) is 8.69. The number of benzene rings is 1. The number of aryl methyl sites for hydroxylation is 1. The summed E-state index contributed by atoms with van der Waals surface area (Å²) in [6.07, 6.45) is 2.21. The molecule has 5 heteroatoms. The Morgan fingerprint density at radius 3 is 3.06 bits per heavy atom. The molecule has 1 heterocycles. The number of rotatable bonds is 5. The Kier molecular flexibility index (Phi) is 4.28. The zero-order valence-electron chi connectivity index (χ0n) is 10.4. The van der Waals surface area contributed by atoms with Crippen molar-refractivity contribution in [2.24, 2.45) is 5.73 Å². The Hall–Kier alpha value is -1.46. The summed E-state index contributed by atoms with van der Waals surface area (Å²) >= 11 is 1.51. The molecule has 0 unspecified atom stereocenters. The van der Waals surface area contributed by atoms with Gasteiger partial charge < -0.3 is 11.1 Å². The van der Waals surface area contributed by atoms with Gasteiger partial charge in [-0.1, -0.05) is 17.4 Å². The number of anilines is 1. The number of nitrogens with two attached hydrogens (primary N) is 1. The molecule has 0 saturated carbocycles. The first-order valence-electron chi connectivity index (χ1n) is 6.06. The number of aromatic nitrogens is 1. The minimum Gasteiger partial charge on any atom is -0.330 e. The van der Waals surface area contributed by atoms with E-state index in [1.54, 1.807) is 0 Å². The summed E-state index contributed by atoms with van der Waals surface area (Å²) in [5.74, 6) is 0.0132. The van der Waals surface area contributed by atoms with Crippen LogP contribution in [0.15, 0.2) is 18.2 Å². The summed E-state index contributed by atoms with van der Waals surface area (Å²) in [6, 6.07) is 6.08. The van der Waals surface area contributed by atoms with Gasteiger partial charge in [0.05, 0.1) is 10.2 Å². The Morgan fingerprint density at radius 2 is 2.28 bits per heavy atom. The van der Waals surface area contributed by atoms with Crippen LogP contribution in [0.5, 0.6) is 0 Å². The molecule has 2 rings (SSSR count). The van der Waals surface area contributed by atoms with Crippen molar-refractivity contribution >= 4 is 32.6 Å². The fourth-order valence-electron chi connectivity index (χ4n) is 1.70. The smallest absolute Gasteiger partial charge is 0.226 e. The number of nitrogens with one attached hydrogen (secondary N) is 1. The molecular weight excluding hydrogens is 246 g/mol. The Morgan fingerprint density at radius 1 is 1.44 bits per heavy atom. The third-order valence-corrected chi connectivity index (χ3v) is 3.58. The fraction of sp³-hybridized carbons (Fsp3) is 0.385. The topological polar surface area (TPSA) is 68.0 Å². The highest BCUT2D eigenvalue weighted by Crippen LogP contribution is 2.26. The van der Waals surface area contributed by atoms with Crippen LogP contribution in [-0.4, -0.2) is 17.4 Å². The molecule has 0 aliphatic heterocycles. The third kappa shape index (κ3) is 3.27. The molecule has 1 aromatic carbocycles. The first-order valence-corrected chi connectivity index (χ1v) is 6.88. The predicted octanol–water partition coefficient (Wildman–Crippen LogP) is 2.67. The second-order valence-electron chi connectivity index (χ2n) is 4.28. The maximum absolute atomic E-state index is 11.6. The average molecular weight is 263 g/mol. The summed E-state index contributed by atoms with van der Waals surface area (Å²) in [4.78, 5) is 16.0. The molecule has 0 bridgehead atoms. The number of thiazole rings is 1. The van der Waals surface area contributed by atoms with E-state index in [0.29, 0.717) is 18.1 Å². The van der Waals surface area contributed by atoms with E-state index in [-0.39, 0.29) is 5.91 Å². The Labute approximate surface area is 110 Å². The molecule has 0 spiro atoms. The van der Waals surface area contributed by atoms with Gasteiger partial charge >= 0.3 is 0 Å². The van der Waals surface area contributed by atoms with Crippen molar-refractivity contribution in [3.8, 4) is 0 Å². The lowest BCUT2D eigenvalue weighted by Gasteiger charge is -1.99. The fourth-order valence-corrected chi connectivity index (χ4v) is 2.68. The number of unbranched alkanes of at least 4 members (excludes halogenated alkanes) is 1. The van der Waals surface area contributed by atoms with Crippen LogP contribution in [0.4, 0.5) is 5.13 Å². The van der Waals surface area contributed by atoms with Gasteiger partial charge in [-0.2, -0.15) is 0 Å². The summed E-state index contributed by atoms with van der Waals surface area (Å²) in [7, 11) is 0. The quantitative estimate of drug-likeness (QED) is 0.815. The summed E-state index contributed by atoms with van der Waals surface area (Å²) in [5, 5.41) is 3.51. The molecule has 0 aliphatic rings. The molecule has 2 aromatic rings. The second-order valence-corrected chi connectivity index (χ2v) is 5.31. The number of hydrogen-bond donors (Lipinski definition) is 2. The Balaban J connectivity index is 2.01. The van der Waals surface area contributed by atoms with E-state index < -0.39 is 0 Å². The maximum atomic E-state index is 11.6. The Bertz CT molecular complexity index is 550. The van der Waals surface area contributed by atoms with Crippen LogP contribution in [0, 0.1) is 6.92 Å². The van der Waals surface area contributed by atoms with Crippen LogP contribution in [0.3, 0.4) is 0 Å². The number of amides is 1. The predicted molar refractivity (Wildman–Crippen MR) is 75.9 cm³/mol. The van der Waals surface area contributed by atoms with Crippen LogP contribution in [0.1, 0.15) is 24.8 Å². The van der Waals surface area contributed by atoms with Gasteiger partial charge in [0.15, 0.2) is 5.13 Å². The molecule has 0 saturated heterocycles. The molecular formula is C13H17N3OS. The van der Waals surface area contributed by atoms with Crippen molar-refractivity contribution < 1.29 is 4.79 Å². The number of carbonyl (C=O) groups is 1. The summed E-state index contributed by atoms with van der Waals surface area (Å²) in [6.45, 7) is 2.68. The molecule has 0 atom stereocenters. The van der Waals surface area contributed by atoms with Crippen molar-refractivity contribution in [2.45, 2.75) is 26.2 Å². The minimum absolute atomic E-state index is 0.0132. The standard InChI is InChI=1S/C13H17N3OS/c1-9-5-6-10-11(8-9)18-13(15-10)16-12(17)4-2-3-7-14/h5-6,8H,2-4,7,14H2,1H3,(H,15,16,17). The lowest BCUT2D eigenvalue weighted by molar-refractivity contribution is -0.116. The van der Waals surface area contributed by atoms with E-state index in [4.69, 9.17) is 5.73 Å². The van der Waals surface area contributed by atoms with Gasteiger partial charge in [0.25, 0.3) is 0 Å². The zero-order chi connectivity index (χ0) is 13.0. The second kappa shape index (κ2) is 5.93. The summed E-state index contributed by atoms with van der Waals surface area (Å²) < 4.78 is 1.10. The highest BCUT2D eigenvalue weighted by Gasteiger charge is 2.07. The van der Waals surface area contributed by atoms with Crippen LogP contribution >= 0.6 is 11.3 Å². The maximum Gasteiger partial charge on any atom is 0.226 e. The van der Waals surface area contributed by atoms with Gasteiger partial charge in [0, 0.05) is 6.42 Å². The van der Waals surface area contributed by atoms with E-state index in [1.165, 1.54) is 16.9 Å². The molecule has 0 radical (unpaired) electrons. The van der Waals surface area contributed by atoms with Crippen molar-refractivity contribution in [1.82, 2.24) is 4.98 Å². The van der Waals surface area contributed by atoms with Gasteiger partial charge in [-0.25, -0.2) is 4.98 Å². The molecule has 4 nitrogen and oxygen atoms in total. The lowest BCUT2D eigenvalue weighted by atomic mass is 10.2. The van der Waals surface area contributed by atoms with Gasteiger partial charge in [-0.15, -0.1) is 0 Å². The van der Waals surface area contributed by atoms with E-state index >= 15 is 0 Å². The molecule has 1 amide bonds. The van der Waals surface area contributed by atoms with E-state index in [0.717, 1.165) is 23.1 Å². The number of fused-ring (bicyclic) bond motifs is 1. The van der Waals surface area contributed by atoms with Crippen molar-refractivity contribution in [3.05, 3.63) is 23.8 Å². The van der Waals surface area contributed by atoms with E-state index in [9.17, 15) is 4.79 Å². The molecule has 3 N–H and O–H groups in total. The molecule has 18 heavy (non-hydrogen) atoms. The lowest BCUT2D eigenvalue weighted by Crippen LogP contribution is -2.11. The third-order valence-electron chi connectivity index (χ3n) is 2.65. The monoisotopic (exact) mass is 263 g/mol. The number of nitrogens with zero attached hydrogens (tertiary/aromatic N) is 1. The highest BCUT2D eigenvalue weighted by molar-refractivity contribution is 7.22. The normalized spacial score (nSPS) is 10.8. The van der Waals surface area contributed by atoms with Gasteiger partial charge in [-0.3, -0.25) is 4.79 Å². The number of hydrogen-bond acceptors (Lipinski definition) is 4. The molecule has 0 aliphatic carbocycles. The molecule has 1 aromatic heterocycles. The van der Waals surface area contributed by atoms with Crippen molar-refractivity contribution in [2.75, 3.05) is 11.9 Å². The van der Waals surface area contributed by atoms with Crippen molar-refractivity contribution in [1.29, 1.82) is 0 Å². The van der Waals surface area contributed by atoms with Gasteiger partial charge in [-0.05, 0) is 44.0 Å².